The number of hydrogen-bond acceptors (Lipinski definition) is 6. The molecule has 3 aromatic rings. The number of rotatable bonds is 6. The van der Waals surface area contributed by atoms with Crippen LogP contribution >= 0.6 is 0 Å². The molecular formula is C21H19NO6. The number of aryl methyl sites for hydroxylation is 1. The Hall–Kier alpha value is -3.61. The summed E-state index contributed by atoms with van der Waals surface area (Å²) < 4.78 is 15.8. The number of methoxy groups -OCH3 is 1. The minimum atomic E-state index is -0.727. The Balaban J connectivity index is 1.63. The first-order chi connectivity index (χ1) is 13.4. The average Bonchev–Trinajstić information content (AvgIpc) is 3.02. The third-order valence-electron chi connectivity index (χ3n) is 4.24. The number of ketones is 1. The molecule has 0 aliphatic heterocycles. The third kappa shape index (κ3) is 4.03. The molecule has 0 aliphatic carbocycles. The highest BCUT2D eigenvalue weighted by Gasteiger charge is 2.20. The predicted molar refractivity (Wildman–Crippen MR) is 103 cm³/mol. The standard InChI is InChI=1S/C21H19NO6/c1-12-17-10-16(26-3)8-9-18(17)28-20(12)21(25)27-11-19(24)22-15-6-4-14(5-7-15)13(2)23/h4-10H,11H2,1-3H3,(H,22,24). The molecule has 2 aromatic carbocycles. The Kier molecular flexibility index (Phi) is 5.44. The van der Waals surface area contributed by atoms with Crippen LogP contribution in [0.5, 0.6) is 5.75 Å². The zero-order valence-corrected chi connectivity index (χ0v) is 15.7. The van der Waals surface area contributed by atoms with Crippen molar-refractivity contribution >= 4 is 34.3 Å². The maximum atomic E-state index is 12.3. The Morgan fingerprint density at radius 2 is 1.79 bits per heavy atom. The molecule has 0 saturated carbocycles. The molecule has 1 N–H and O–H groups in total. The Bertz CT molecular complexity index is 1050. The smallest absolute Gasteiger partial charge is 0.375 e. The van der Waals surface area contributed by atoms with Crippen LogP contribution in [-0.2, 0) is 9.53 Å². The Morgan fingerprint density at radius 1 is 1.07 bits per heavy atom. The zero-order chi connectivity index (χ0) is 20.3. The molecule has 0 saturated heterocycles. The second kappa shape index (κ2) is 7.96. The van der Waals surface area contributed by atoms with E-state index in [9.17, 15) is 14.4 Å². The van der Waals surface area contributed by atoms with Crippen LogP contribution in [-0.4, -0.2) is 31.4 Å². The van der Waals surface area contributed by atoms with Gasteiger partial charge in [0.05, 0.1) is 7.11 Å². The van der Waals surface area contributed by atoms with Gasteiger partial charge in [0.1, 0.15) is 11.3 Å². The summed E-state index contributed by atoms with van der Waals surface area (Å²) >= 11 is 0. The summed E-state index contributed by atoms with van der Waals surface area (Å²) in [6.45, 7) is 2.73. The normalized spacial score (nSPS) is 10.5. The molecule has 0 spiro atoms. The van der Waals surface area contributed by atoms with Gasteiger partial charge >= 0.3 is 5.97 Å². The van der Waals surface area contributed by atoms with Crippen LogP contribution in [0.15, 0.2) is 46.9 Å². The van der Waals surface area contributed by atoms with Crippen LogP contribution in [0.2, 0.25) is 0 Å². The summed E-state index contributed by atoms with van der Waals surface area (Å²) in [6, 6.07) is 11.6. The molecule has 0 bridgehead atoms. The molecule has 1 heterocycles. The molecule has 0 radical (unpaired) electrons. The highest BCUT2D eigenvalue weighted by Crippen LogP contribution is 2.29. The summed E-state index contributed by atoms with van der Waals surface area (Å²) in [7, 11) is 1.55. The Labute approximate surface area is 161 Å². The minimum absolute atomic E-state index is 0.0434. The number of fused-ring (bicyclic) bond motifs is 1. The monoisotopic (exact) mass is 381 g/mol. The van der Waals surface area contributed by atoms with Crippen molar-refractivity contribution in [2.24, 2.45) is 0 Å². The molecule has 7 heteroatoms. The number of carbonyl (C=O) groups excluding carboxylic acids is 3. The van der Waals surface area contributed by atoms with Crippen LogP contribution in [0, 0.1) is 6.92 Å². The van der Waals surface area contributed by atoms with Crippen molar-refractivity contribution in [3.63, 3.8) is 0 Å². The van der Waals surface area contributed by atoms with Crippen LogP contribution < -0.4 is 10.1 Å². The summed E-state index contributed by atoms with van der Waals surface area (Å²) in [5, 5.41) is 3.33. The molecule has 144 valence electrons. The lowest BCUT2D eigenvalue weighted by Gasteiger charge is -2.06. The van der Waals surface area contributed by atoms with E-state index < -0.39 is 18.5 Å². The van der Waals surface area contributed by atoms with Gasteiger partial charge in [0.2, 0.25) is 5.76 Å². The average molecular weight is 381 g/mol. The number of furan rings is 1. The van der Waals surface area contributed by atoms with E-state index >= 15 is 0 Å². The Morgan fingerprint density at radius 3 is 2.43 bits per heavy atom. The zero-order valence-electron chi connectivity index (χ0n) is 15.7. The van der Waals surface area contributed by atoms with Gasteiger partial charge in [0.15, 0.2) is 12.4 Å². The number of Topliss-reactive ketones (excluding diaryl/α,β-unsaturated/α-hetero) is 1. The molecule has 0 aliphatic rings. The van der Waals surface area contributed by atoms with Crippen LogP contribution in [0.25, 0.3) is 11.0 Å². The number of hydrogen-bond donors (Lipinski definition) is 1. The predicted octanol–water partition coefficient (Wildman–Crippen LogP) is 3.75. The first-order valence-corrected chi connectivity index (χ1v) is 8.54. The van der Waals surface area contributed by atoms with Gasteiger partial charge < -0.3 is 19.2 Å². The van der Waals surface area contributed by atoms with Crippen molar-refractivity contribution in [3.8, 4) is 5.75 Å². The van der Waals surface area contributed by atoms with Gasteiger partial charge in [-0.15, -0.1) is 0 Å². The van der Waals surface area contributed by atoms with Crippen molar-refractivity contribution < 1.29 is 28.3 Å². The fourth-order valence-corrected chi connectivity index (χ4v) is 2.70. The number of ether oxygens (including phenoxy) is 2. The summed E-state index contributed by atoms with van der Waals surface area (Å²) in [4.78, 5) is 35.6. The topological polar surface area (TPSA) is 94.8 Å². The van der Waals surface area contributed by atoms with Crippen molar-refractivity contribution in [3.05, 3.63) is 59.4 Å². The molecule has 7 nitrogen and oxygen atoms in total. The number of carbonyl (C=O) groups is 3. The lowest BCUT2D eigenvalue weighted by atomic mass is 10.1. The number of amides is 1. The number of benzene rings is 2. The van der Waals surface area contributed by atoms with Crippen LogP contribution in [0.1, 0.15) is 33.4 Å². The fraction of sp³-hybridized carbons (Fsp3) is 0.190. The van der Waals surface area contributed by atoms with Gasteiger partial charge in [0.25, 0.3) is 5.91 Å². The van der Waals surface area contributed by atoms with Gasteiger partial charge in [0, 0.05) is 22.2 Å². The highest BCUT2D eigenvalue weighted by atomic mass is 16.5. The summed E-state index contributed by atoms with van der Waals surface area (Å²) in [5.74, 6) is -0.604. The van der Waals surface area contributed by atoms with Crippen LogP contribution in [0.4, 0.5) is 5.69 Å². The van der Waals surface area contributed by atoms with E-state index in [0.29, 0.717) is 28.1 Å². The van der Waals surface area contributed by atoms with Gasteiger partial charge in [-0.05, 0) is 56.3 Å². The lowest BCUT2D eigenvalue weighted by Crippen LogP contribution is -2.21. The molecule has 0 fully saturated rings. The molecule has 0 atom stereocenters. The van der Waals surface area contributed by atoms with Crippen molar-refractivity contribution in [2.45, 2.75) is 13.8 Å². The first-order valence-electron chi connectivity index (χ1n) is 8.54. The van der Waals surface area contributed by atoms with E-state index in [1.165, 1.54) is 6.92 Å². The van der Waals surface area contributed by atoms with Gasteiger partial charge in [-0.1, -0.05) is 0 Å². The molecule has 0 unspecified atom stereocenters. The van der Waals surface area contributed by atoms with Gasteiger partial charge in [-0.3, -0.25) is 9.59 Å². The molecular weight excluding hydrogens is 362 g/mol. The molecule has 3 rings (SSSR count). The SMILES string of the molecule is COc1ccc2oc(C(=O)OCC(=O)Nc3ccc(C(C)=O)cc3)c(C)c2c1. The lowest BCUT2D eigenvalue weighted by molar-refractivity contribution is -0.119. The van der Waals surface area contributed by atoms with E-state index in [0.717, 1.165) is 5.39 Å². The number of anilines is 1. The molecule has 1 aromatic heterocycles. The van der Waals surface area contributed by atoms with Crippen LogP contribution in [0.3, 0.4) is 0 Å². The maximum absolute atomic E-state index is 12.3. The van der Waals surface area contributed by atoms with E-state index in [1.54, 1.807) is 56.5 Å². The van der Waals surface area contributed by atoms with Gasteiger partial charge in [-0.25, -0.2) is 4.79 Å². The quantitative estimate of drug-likeness (QED) is 0.516. The van der Waals surface area contributed by atoms with E-state index in [4.69, 9.17) is 13.9 Å². The minimum Gasteiger partial charge on any atom is -0.497 e. The molecule has 28 heavy (non-hydrogen) atoms. The third-order valence-corrected chi connectivity index (χ3v) is 4.24. The van der Waals surface area contributed by atoms with Crippen molar-refractivity contribution in [2.75, 3.05) is 19.0 Å². The highest BCUT2D eigenvalue weighted by molar-refractivity contribution is 5.99. The summed E-state index contributed by atoms with van der Waals surface area (Å²) in [5.41, 5.74) is 2.18. The van der Waals surface area contributed by atoms with E-state index in [1.807, 2.05) is 0 Å². The second-order valence-electron chi connectivity index (χ2n) is 6.18. The fourth-order valence-electron chi connectivity index (χ4n) is 2.70. The van der Waals surface area contributed by atoms with Crippen molar-refractivity contribution in [1.29, 1.82) is 0 Å². The van der Waals surface area contributed by atoms with E-state index in [2.05, 4.69) is 5.32 Å². The molecule has 1 amide bonds. The van der Waals surface area contributed by atoms with E-state index in [-0.39, 0.29) is 11.5 Å². The van der Waals surface area contributed by atoms with Crippen molar-refractivity contribution in [1.82, 2.24) is 0 Å². The largest absolute Gasteiger partial charge is 0.497 e. The number of esters is 1. The first kappa shape index (κ1) is 19.2. The number of nitrogens with one attached hydrogen (secondary N) is 1. The second-order valence-corrected chi connectivity index (χ2v) is 6.18. The summed E-state index contributed by atoms with van der Waals surface area (Å²) in [6.07, 6.45) is 0. The van der Waals surface area contributed by atoms with Gasteiger partial charge in [-0.2, -0.15) is 0 Å². The maximum Gasteiger partial charge on any atom is 0.375 e.